The fourth-order valence-corrected chi connectivity index (χ4v) is 1.86. The molecule has 0 spiro atoms. The molecule has 0 radical (unpaired) electrons. The number of rotatable bonds is 4. The summed E-state index contributed by atoms with van der Waals surface area (Å²) in [5.41, 5.74) is 8.25. The molecule has 1 aromatic carbocycles. The van der Waals surface area contributed by atoms with E-state index in [4.69, 9.17) is 5.73 Å². The largest absolute Gasteiger partial charge is 0.326 e. The summed E-state index contributed by atoms with van der Waals surface area (Å²) in [5, 5.41) is 6.97. The number of aryl methyl sites for hydroxylation is 2. The van der Waals surface area contributed by atoms with Gasteiger partial charge in [-0.2, -0.15) is 5.10 Å². The molecule has 0 bridgehead atoms. The van der Waals surface area contributed by atoms with Gasteiger partial charge in [0.15, 0.2) is 5.82 Å². The van der Waals surface area contributed by atoms with Gasteiger partial charge >= 0.3 is 0 Å². The summed E-state index contributed by atoms with van der Waals surface area (Å²) in [6.07, 6.45) is 2.76. The van der Waals surface area contributed by atoms with E-state index in [0.29, 0.717) is 17.9 Å². The number of nitrogens with one attached hydrogen (secondary N) is 1. The van der Waals surface area contributed by atoms with Crippen LogP contribution in [0.3, 0.4) is 0 Å². The van der Waals surface area contributed by atoms with Gasteiger partial charge in [-0.1, -0.05) is 19.1 Å². The molecule has 1 heterocycles. The van der Waals surface area contributed by atoms with Crippen LogP contribution in [0.2, 0.25) is 0 Å². The topological polar surface area (TPSA) is 72.9 Å². The van der Waals surface area contributed by atoms with Gasteiger partial charge in [-0.15, -0.1) is 0 Å². The molecule has 2 rings (SSSR count). The van der Waals surface area contributed by atoms with Crippen molar-refractivity contribution in [2.75, 3.05) is 5.32 Å². The van der Waals surface area contributed by atoms with Gasteiger partial charge < -0.3 is 11.1 Å². The average Bonchev–Trinajstić information content (AvgIpc) is 2.78. The molecular formula is C14H18N4O. The van der Waals surface area contributed by atoms with Crippen molar-refractivity contribution in [3.05, 3.63) is 47.2 Å². The number of carbonyl (C=O) groups is 1. The number of hydrogen-bond acceptors (Lipinski definition) is 3. The van der Waals surface area contributed by atoms with Crippen molar-refractivity contribution in [3.8, 4) is 0 Å². The van der Waals surface area contributed by atoms with E-state index in [2.05, 4.69) is 17.3 Å². The van der Waals surface area contributed by atoms with E-state index in [-0.39, 0.29) is 5.91 Å². The fourth-order valence-electron chi connectivity index (χ4n) is 1.86. The second-order valence-corrected chi connectivity index (χ2v) is 4.39. The Morgan fingerprint density at radius 3 is 2.63 bits per heavy atom. The summed E-state index contributed by atoms with van der Waals surface area (Å²) in [4.78, 5) is 12.1. The molecule has 1 aromatic heterocycles. The molecule has 0 aliphatic carbocycles. The lowest BCUT2D eigenvalue weighted by molar-refractivity contribution is 0.102. The van der Waals surface area contributed by atoms with Gasteiger partial charge in [0.2, 0.25) is 0 Å². The van der Waals surface area contributed by atoms with E-state index in [1.54, 1.807) is 17.9 Å². The van der Waals surface area contributed by atoms with Crippen LogP contribution in [0.15, 0.2) is 30.5 Å². The number of hydrogen-bond donors (Lipinski definition) is 2. The van der Waals surface area contributed by atoms with Crippen molar-refractivity contribution in [1.82, 2.24) is 9.78 Å². The third kappa shape index (κ3) is 3.00. The minimum absolute atomic E-state index is 0.170. The second-order valence-electron chi connectivity index (χ2n) is 4.39. The number of amides is 1. The Hall–Kier alpha value is -2.14. The fraction of sp³-hybridized carbons (Fsp3) is 0.286. The van der Waals surface area contributed by atoms with Crippen LogP contribution in [0.1, 0.15) is 28.4 Å². The van der Waals surface area contributed by atoms with Gasteiger partial charge in [0.05, 0.1) is 0 Å². The normalized spacial score (nSPS) is 10.5. The van der Waals surface area contributed by atoms with Crippen LogP contribution in [-0.4, -0.2) is 15.7 Å². The van der Waals surface area contributed by atoms with Crippen molar-refractivity contribution < 1.29 is 4.79 Å². The highest BCUT2D eigenvalue weighted by Crippen LogP contribution is 2.13. The SMILES string of the molecule is CCc1ccc(C(=O)Nc2nn(C)cc2CN)cc1. The zero-order chi connectivity index (χ0) is 13.8. The summed E-state index contributed by atoms with van der Waals surface area (Å²) in [7, 11) is 1.80. The third-order valence-corrected chi connectivity index (χ3v) is 2.98. The maximum absolute atomic E-state index is 12.1. The van der Waals surface area contributed by atoms with Crippen LogP contribution >= 0.6 is 0 Å². The van der Waals surface area contributed by atoms with Crippen molar-refractivity contribution >= 4 is 11.7 Å². The van der Waals surface area contributed by atoms with E-state index in [1.165, 1.54) is 5.56 Å². The summed E-state index contributed by atoms with van der Waals surface area (Å²) in [5.74, 6) is 0.352. The Bertz CT molecular complexity index is 572. The first-order valence-corrected chi connectivity index (χ1v) is 6.27. The molecule has 5 heteroatoms. The van der Waals surface area contributed by atoms with Gasteiger partial charge in [0.25, 0.3) is 5.91 Å². The Labute approximate surface area is 112 Å². The number of benzene rings is 1. The van der Waals surface area contributed by atoms with Gasteiger partial charge in [-0.3, -0.25) is 9.48 Å². The molecular weight excluding hydrogens is 240 g/mol. The number of nitrogens with two attached hydrogens (primary N) is 1. The maximum Gasteiger partial charge on any atom is 0.256 e. The van der Waals surface area contributed by atoms with Crippen molar-refractivity contribution in [1.29, 1.82) is 0 Å². The first-order valence-electron chi connectivity index (χ1n) is 6.27. The lowest BCUT2D eigenvalue weighted by Gasteiger charge is -2.04. The van der Waals surface area contributed by atoms with Crippen LogP contribution < -0.4 is 11.1 Å². The van der Waals surface area contributed by atoms with Crippen molar-refractivity contribution in [3.63, 3.8) is 0 Å². The summed E-state index contributed by atoms with van der Waals surface area (Å²) in [6, 6.07) is 7.55. The van der Waals surface area contributed by atoms with Crippen LogP contribution in [0, 0.1) is 0 Å². The molecule has 5 nitrogen and oxygen atoms in total. The van der Waals surface area contributed by atoms with E-state index in [9.17, 15) is 4.79 Å². The molecule has 100 valence electrons. The maximum atomic E-state index is 12.1. The molecule has 3 N–H and O–H groups in total. The van der Waals surface area contributed by atoms with Crippen LogP contribution in [0.25, 0.3) is 0 Å². The lowest BCUT2D eigenvalue weighted by atomic mass is 10.1. The highest BCUT2D eigenvalue weighted by molar-refractivity contribution is 6.04. The van der Waals surface area contributed by atoms with E-state index in [1.807, 2.05) is 24.3 Å². The van der Waals surface area contributed by atoms with Crippen molar-refractivity contribution in [2.45, 2.75) is 19.9 Å². The quantitative estimate of drug-likeness (QED) is 0.876. The first kappa shape index (κ1) is 13.3. The second kappa shape index (κ2) is 5.67. The molecule has 0 fully saturated rings. The van der Waals surface area contributed by atoms with Gasteiger partial charge in [-0.05, 0) is 24.1 Å². The number of anilines is 1. The van der Waals surface area contributed by atoms with Crippen LogP contribution in [-0.2, 0) is 20.0 Å². The van der Waals surface area contributed by atoms with E-state index in [0.717, 1.165) is 12.0 Å². The zero-order valence-corrected chi connectivity index (χ0v) is 11.2. The van der Waals surface area contributed by atoms with E-state index >= 15 is 0 Å². The average molecular weight is 258 g/mol. The van der Waals surface area contributed by atoms with Crippen molar-refractivity contribution in [2.24, 2.45) is 12.8 Å². The molecule has 0 saturated heterocycles. The van der Waals surface area contributed by atoms with Gasteiger partial charge in [0, 0.05) is 30.9 Å². The van der Waals surface area contributed by atoms with Gasteiger partial charge in [0.1, 0.15) is 0 Å². The first-order chi connectivity index (χ1) is 9.13. The Morgan fingerprint density at radius 2 is 2.05 bits per heavy atom. The summed E-state index contributed by atoms with van der Waals surface area (Å²) >= 11 is 0. The number of nitrogens with zero attached hydrogens (tertiary/aromatic N) is 2. The molecule has 2 aromatic rings. The molecule has 0 aliphatic heterocycles. The Morgan fingerprint density at radius 1 is 1.37 bits per heavy atom. The summed E-state index contributed by atoms with van der Waals surface area (Å²) in [6.45, 7) is 2.43. The lowest BCUT2D eigenvalue weighted by Crippen LogP contribution is -2.14. The van der Waals surface area contributed by atoms with Crippen LogP contribution in [0.5, 0.6) is 0 Å². The Balaban J connectivity index is 2.15. The van der Waals surface area contributed by atoms with E-state index < -0.39 is 0 Å². The third-order valence-electron chi connectivity index (χ3n) is 2.98. The number of aromatic nitrogens is 2. The summed E-state index contributed by atoms with van der Waals surface area (Å²) < 4.78 is 1.64. The minimum Gasteiger partial charge on any atom is -0.326 e. The molecule has 1 amide bonds. The standard InChI is InChI=1S/C14H18N4O/c1-3-10-4-6-11(7-5-10)14(19)16-13-12(8-15)9-18(2)17-13/h4-7,9H,3,8,15H2,1-2H3,(H,16,17,19). The molecule has 0 atom stereocenters. The zero-order valence-electron chi connectivity index (χ0n) is 11.2. The Kier molecular flexibility index (Phi) is 3.97. The molecule has 0 unspecified atom stereocenters. The smallest absolute Gasteiger partial charge is 0.256 e. The number of carbonyl (C=O) groups excluding carboxylic acids is 1. The highest BCUT2D eigenvalue weighted by Gasteiger charge is 2.11. The molecule has 0 saturated carbocycles. The highest BCUT2D eigenvalue weighted by atomic mass is 16.1. The monoisotopic (exact) mass is 258 g/mol. The predicted molar refractivity (Wildman–Crippen MR) is 74.9 cm³/mol. The molecule has 0 aliphatic rings. The predicted octanol–water partition coefficient (Wildman–Crippen LogP) is 1.69. The van der Waals surface area contributed by atoms with Crippen LogP contribution in [0.4, 0.5) is 5.82 Å². The molecule has 19 heavy (non-hydrogen) atoms. The van der Waals surface area contributed by atoms with Gasteiger partial charge in [-0.25, -0.2) is 0 Å². The minimum atomic E-state index is -0.170.